The molecular weight excluding hydrogens is 228 g/mol. The zero-order chi connectivity index (χ0) is 13.0. The van der Waals surface area contributed by atoms with E-state index in [0.717, 1.165) is 16.6 Å². The first-order valence-corrected chi connectivity index (χ1v) is 5.98. The van der Waals surface area contributed by atoms with Crippen molar-refractivity contribution in [1.82, 2.24) is 4.98 Å². The Balaban J connectivity index is 2.12. The van der Waals surface area contributed by atoms with Gasteiger partial charge in [-0.25, -0.2) is 4.98 Å². The van der Waals surface area contributed by atoms with E-state index in [-0.39, 0.29) is 6.42 Å². The van der Waals surface area contributed by atoms with Gasteiger partial charge in [-0.15, -0.1) is 0 Å². The molecule has 0 spiro atoms. The highest BCUT2D eigenvalue weighted by Crippen LogP contribution is 2.22. The molecule has 0 aliphatic rings. The normalized spacial score (nSPS) is 10.5. The van der Waals surface area contributed by atoms with E-state index in [1.165, 1.54) is 5.56 Å². The zero-order valence-electron chi connectivity index (χ0n) is 10.3. The molecule has 0 unspecified atom stereocenters. The van der Waals surface area contributed by atoms with Crippen LogP contribution in [0.25, 0.3) is 10.8 Å². The Morgan fingerprint density at radius 2 is 2.22 bits per heavy atom. The second kappa shape index (κ2) is 5.49. The van der Waals surface area contributed by atoms with Gasteiger partial charge in [0.2, 0.25) is 0 Å². The van der Waals surface area contributed by atoms with E-state index >= 15 is 0 Å². The van der Waals surface area contributed by atoms with Crippen molar-refractivity contribution < 1.29 is 9.90 Å². The highest BCUT2D eigenvalue weighted by Gasteiger charge is 2.02. The standard InChI is InChI=1S/C14H16N2O2/c1-10-4-5-11-6-8-16-14(12(11)9-10)15-7-2-3-13(17)18/h4-6,8-9H,2-3,7H2,1H3,(H,15,16)(H,17,18). The van der Waals surface area contributed by atoms with Gasteiger partial charge in [0.15, 0.2) is 0 Å². The Labute approximate surface area is 106 Å². The number of hydrogen-bond acceptors (Lipinski definition) is 3. The maximum absolute atomic E-state index is 10.4. The summed E-state index contributed by atoms with van der Waals surface area (Å²) in [5.74, 6) is 0.0557. The molecule has 1 heterocycles. The van der Waals surface area contributed by atoms with Crippen LogP contribution >= 0.6 is 0 Å². The first kappa shape index (κ1) is 12.4. The molecule has 18 heavy (non-hydrogen) atoms. The van der Waals surface area contributed by atoms with E-state index < -0.39 is 5.97 Å². The summed E-state index contributed by atoms with van der Waals surface area (Å²) in [6.07, 6.45) is 2.53. The number of anilines is 1. The van der Waals surface area contributed by atoms with Crippen LogP contribution in [0.15, 0.2) is 30.5 Å². The minimum absolute atomic E-state index is 0.177. The van der Waals surface area contributed by atoms with E-state index in [9.17, 15) is 4.79 Å². The molecule has 4 heteroatoms. The number of aliphatic carboxylic acids is 1. The Bertz CT molecular complexity index is 567. The van der Waals surface area contributed by atoms with Crippen LogP contribution in [0.2, 0.25) is 0 Å². The molecule has 0 radical (unpaired) electrons. The third kappa shape index (κ3) is 2.97. The van der Waals surface area contributed by atoms with Crippen LogP contribution in [0.1, 0.15) is 18.4 Å². The van der Waals surface area contributed by atoms with Crippen LogP contribution in [-0.2, 0) is 4.79 Å². The quantitative estimate of drug-likeness (QED) is 0.794. The molecule has 2 N–H and O–H groups in total. The van der Waals surface area contributed by atoms with E-state index in [1.54, 1.807) is 6.20 Å². The Hall–Kier alpha value is -2.10. The summed E-state index contributed by atoms with van der Waals surface area (Å²) in [4.78, 5) is 14.7. The number of carbonyl (C=O) groups is 1. The first-order valence-electron chi connectivity index (χ1n) is 5.98. The number of carboxylic acids is 1. The molecule has 0 saturated carbocycles. The highest BCUT2D eigenvalue weighted by atomic mass is 16.4. The molecule has 0 amide bonds. The summed E-state index contributed by atoms with van der Waals surface area (Å²) < 4.78 is 0. The third-order valence-electron chi connectivity index (χ3n) is 2.78. The number of rotatable bonds is 5. The van der Waals surface area contributed by atoms with Gasteiger partial charge in [-0.05, 0) is 30.9 Å². The molecule has 0 fully saturated rings. The maximum Gasteiger partial charge on any atom is 0.303 e. The monoisotopic (exact) mass is 244 g/mol. The molecule has 2 aromatic rings. The Morgan fingerprint density at radius 1 is 1.39 bits per heavy atom. The predicted molar refractivity (Wildman–Crippen MR) is 71.8 cm³/mol. The van der Waals surface area contributed by atoms with Gasteiger partial charge in [0, 0.05) is 24.5 Å². The van der Waals surface area contributed by atoms with Crippen molar-refractivity contribution in [2.45, 2.75) is 19.8 Å². The van der Waals surface area contributed by atoms with E-state index in [4.69, 9.17) is 5.11 Å². The summed E-state index contributed by atoms with van der Waals surface area (Å²) in [7, 11) is 0. The van der Waals surface area contributed by atoms with Crippen molar-refractivity contribution in [3.8, 4) is 0 Å². The average Bonchev–Trinajstić information content (AvgIpc) is 2.34. The van der Waals surface area contributed by atoms with Crippen LogP contribution in [0.5, 0.6) is 0 Å². The number of nitrogens with zero attached hydrogens (tertiary/aromatic N) is 1. The minimum atomic E-state index is -0.765. The van der Waals surface area contributed by atoms with Gasteiger partial charge < -0.3 is 10.4 Å². The lowest BCUT2D eigenvalue weighted by molar-refractivity contribution is -0.137. The number of fused-ring (bicyclic) bond motifs is 1. The van der Waals surface area contributed by atoms with Crippen molar-refractivity contribution in [3.05, 3.63) is 36.0 Å². The number of aromatic nitrogens is 1. The van der Waals surface area contributed by atoms with E-state index in [2.05, 4.69) is 28.5 Å². The predicted octanol–water partition coefficient (Wildman–Crippen LogP) is 2.82. The number of hydrogen-bond donors (Lipinski definition) is 2. The average molecular weight is 244 g/mol. The van der Waals surface area contributed by atoms with Crippen LogP contribution in [0, 0.1) is 6.92 Å². The number of pyridine rings is 1. The zero-order valence-corrected chi connectivity index (χ0v) is 10.3. The fourth-order valence-electron chi connectivity index (χ4n) is 1.87. The number of nitrogens with one attached hydrogen (secondary N) is 1. The molecule has 0 aliphatic heterocycles. The topological polar surface area (TPSA) is 62.2 Å². The highest BCUT2D eigenvalue weighted by molar-refractivity contribution is 5.92. The lowest BCUT2D eigenvalue weighted by Gasteiger charge is -2.08. The van der Waals surface area contributed by atoms with Crippen LogP contribution in [0.4, 0.5) is 5.82 Å². The summed E-state index contributed by atoms with van der Waals surface area (Å²) >= 11 is 0. The molecule has 0 saturated heterocycles. The van der Waals surface area contributed by atoms with Crippen LogP contribution in [0.3, 0.4) is 0 Å². The molecule has 0 atom stereocenters. The summed E-state index contributed by atoms with van der Waals surface area (Å²) in [5, 5.41) is 14.0. The minimum Gasteiger partial charge on any atom is -0.481 e. The van der Waals surface area contributed by atoms with Gasteiger partial charge >= 0.3 is 5.97 Å². The molecule has 4 nitrogen and oxygen atoms in total. The SMILES string of the molecule is Cc1ccc2ccnc(NCCCC(=O)O)c2c1. The summed E-state index contributed by atoms with van der Waals surface area (Å²) in [6, 6.07) is 8.18. The van der Waals surface area contributed by atoms with Crippen LogP contribution < -0.4 is 5.32 Å². The number of benzene rings is 1. The molecular formula is C14H16N2O2. The van der Waals surface area contributed by atoms with Crippen molar-refractivity contribution in [2.24, 2.45) is 0 Å². The summed E-state index contributed by atoms with van der Waals surface area (Å²) in [6.45, 7) is 2.66. The van der Waals surface area contributed by atoms with Gasteiger partial charge in [0.25, 0.3) is 0 Å². The molecule has 1 aromatic carbocycles. The van der Waals surface area contributed by atoms with Crippen molar-refractivity contribution in [3.63, 3.8) is 0 Å². The second-order valence-corrected chi connectivity index (χ2v) is 4.31. The fourth-order valence-corrected chi connectivity index (χ4v) is 1.87. The smallest absolute Gasteiger partial charge is 0.303 e. The molecule has 2 rings (SSSR count). The molecule has 1 aromatic heterocycles. The third-order valence-corrected chi connectivity index (χ3v) is 2.78. The molecule has 0 bridgehead atoms. The Morgan fingerprint density at radius 3 is 3.00 bits per heavy atom. The van der Waals surface area contributed by atoms with Crippen molar-refractivity contribution in [1.29, 1.82) is 0 Å². The fraction of sp³-hybridized carbons (Fsp3) is 0.286. The van der Waals surface area contributed by atoms with Crippen LogP contribution in [-0.4, -0.2) is 22.6 Å². The number of aryl methyl sites for hydroxylation is 1. The van der Waals surface area contributed by atoms with Gasteiger partial charge in [-0.3, -0.25) is 4.79 Å². The molecule has 94 valence electrons. The van der Waals surface area contributed by atoms with Gasteiger partial charge in [0.1, 0.15) is 5.82 Å². The first-order chi connectivity index (χ1) is 8.66. The second-order valence-electron chi connectivity index (χ2n) is 4.31. The number of carboxylic acid groups (broad SMARTS) is 1. The van der Waals surface area contributed by atoms with Gasteiger partial charge in [0.05, 0.1) is 0 Å². The molecule has 0 aliphatic carbocycles. The van der Waals surface area contributed by atoms with E-state index in [1.807, 2.05) is 13.0 Å². The van der Waals surface area contributed by atoms with E-state index in [0.29, 0.717) is 13.0 Å². The lowest BCUT2D eigenvalue weighted by Crippen LogP contribution is -2.06. The maximum atomic E-state index is 10.4. The Kier molecular flexibility index (Phi) is 3.77. The van der Waals surface area contributed by atoms with Gasteiger partial charge in [-0.1, -0.05) is 17.7 Å². The van der Waals surface area contributed by atoms with Gasteiger partial charge in [-0.2, -0.15) is 0 Å². The summed E-state index contributed by atoms with van der Waals surface area (Å²) in [5.41, 5.74) is 1.18. The van der Waals surface area contributed by atoms with Crippen molar-refractivity contribution in [2.75, 3.05) is 11.9 Å². The lowest BCUT2D eigenvalue weighted by atomic mass is 10.1. The largest absolute Gasteiger partial charge is 0.481 e. The van der Waals surface area contributed by atoms with Crippen molar-refractivity contribution >= 4 is 22.6 Å².